The van der Waals surface area contributed by atoms with Gasteiger partial charge in [-0.25, -0.2) is 4.98 Å². The fourth-order valence-corrected chi connectivity index (χ4v) is 3.50. The number of hydrogen-bond acceptors (Lipinski definition) is 6. The number of hydrogen-bond donors (Lipinski definition) is 1. The van der Waals surface area contributed by atoms with Gasteiger partial charge >= 0.3 is 12.1 Å². The number of carbonyl (C=O) groups is 2. The van der Waals surface area contributed by atoms with Crippen LogP contribution >= 0.6 is 0 Å². The molecule has 9 nitrogen and oxygen atoms in total. The summed E-state index contributed by atoms with van der Waals surface area (Å²) in [5.41, 5.74) is -0.188. The molecule has 1 N–H and O–H groups in total. The van der Waals surface area contributed by atoms with E-state index in [1.165, 1.54) is 48.5 Å². The maximum Gasteiger partial charge on any atom is 0.449 e. The van der Waals surface area contributed by atoms with Crippen LogP contribution in [0.2, 0.25) is 0 Å². The predicted octanol–water partition coefficient (Wildman–Crippen LogP) is 4.16. The van der Waals surface area contributed by atoms with Gasteiger partial charge in [-0.1, -0.05) is 30.3 Å². The third-order valence-electron chi connectivity index (χ3n) is 4.79. The van der Waals surface area contributed by atoms with Gasteiger partial charge in [0.15, 0.2) is 0 Å². The molecule has 1 atom stereocenters. The van der Waals surface area contributed by atoms with Crippen molar-refractivity contribution in [2.75, 3.05) is 0 Å². The number of amides is 1. The lowest BCUT2D eigenvalue weighted by Crippen LogP contribution is -2.34. The van der Waals surface area contributed by atoms with Crippen molar-refractivity contribution < 1.29 is 32.4 Å². The second-order valence-corrected chi connectivity index (χ2v) is 7.69. The first-order valence-corrected chi connectivity index (χ1v) is 10.2. The van der Waals surface area contributed by atoms with Crippen molar-refractivity contribution in [1.82, 2.24) is 14.9 Å². The molecule has 3 rings (SSSR count). The number of imidazole rings is 1. The smallest absolute Gasteiger partial charge is 0.449 e. The number of fused-ring (bicyclic) bond motifs is 1. The van der Waals surface area contributed by atoms with Crippen LogP contribution in [0.3, 0.4) is 0 Å². The molecule has 1 heterocycles. The van der Waals surface area contributed by atoms with Crippen molar-refractivity contribution in [2.24, 2.45) is 0 Å². The number of alkyl halides is 3. The molecule has 1 aromatic heterocycles. The van der Waals surface area contributed by atoms with E-state index < -0.39 is 53.9 Å². The largest absolute Gasteiger partial charge is 0.463 e. The third-order valence-corrected chi connectivity index (χ3v) is 4.79. The highest BCUT2D eigenvalue weighted by Gasteiger charge is 2.38. The molecule has 0 bridgehead atoms. The summed E-state index contributed by atoms with van der Waals surface area (Å²) in [7, 11) is 0. The molecule has 0 radical (unpaired) electrons. The van der Waals surface area contributed by atoms with Crippen molar-refractivity contribution in [1.29, 1.82) is 0 Å². The van der Waals surface area contributed by atoms with E-state index in [-0.39, 0.29) is 22.3 Å². The summed E-state index contributed by atoms with van der Waals surface area (Å²) in [4.78, 5) is 39.5. The monoisotopic (exact) mass is 478 g/mol. The van der Waals surface area contributed by atoms with Crippen LogP contribution in [0, 0.1) is 10.1 Å². The highest BCUT2D eigenvalue weighted by molar-refractivity contribution is 5.82. The van der Waals surface area contributed by atoms with E-state index in [4.69, 9.17) is 4.74 Å². The van der Waals surface area contributed by atoms with E-state index in [9.17, 15) is 32.9 Å². The first-order valence-electron chi connectivity index (χ1n) is 10.2. The van der Waals surface area contributed by atoms with Gasteiger partial charge in [0.25, 0.3) is 5.69 Å². The fourth-order valence-electron chi connectivity index (χ4n) is 3.50. The van der Waals surface area contributed by atoms with E-state index in [1.54, 1.807) is 13.8 Å². The van der Waals surface area contributed by atoms with Crippen molar-refractivity contribution in [3.05, 3.63) is 70.0 Å². The van der Waals surface area contributed by atoms with Gasteiger partial charge in [0.05, 0.1) is 40.1 Å². The molecular formula is C22H21F3N4O5. The number of nitro benzene ring substituents is 1. The molecule has 0 fully saturated rings. The first-order chi connectivity index (χ1) is 16.0. The molecule has 1 unspecified atom stereocenters. The van der Waals surface area contributed by atoms with E-state index in [1.807, 2.05) is 0 Å². The SMILES string of the molecule is CC(C)OC(=O)CC(NC(=O)Cn1c(C(F)(F)F)nc2ccccc21)c1ccccc1[N+](=O)[O-]. The van der Waals surface area contributed by atoms with Crippen LogP contribution in [0.1, 0.15) is 37.7 Å². The number of rotatable bonds is 8. The standard InChI is InChI=1S/C22H21F3N4O5/c1-13(2)34-20(31)11-16(14-7-3-5-9-17(14)29(32)33)26-19(30)12-28-18-10-6-4-8-15(18)27-21(28)22(23,24)25/h3-10,13,16H,11-12H2,1-2H3,(H,26,30). The second-order valence-electron chi connectivity index (χ2n) is 7.69. The van der Waals surface area contributed by atoms with Gasteiger partial charge in [0.1, 0.15) is 6.54 Å². The minimum absolute atomic E-state index is 0.0214. The minimum atomic E-state index is -4.82. The summed E-state index contributed by atoms with van der Waals surface area (Å²) in [6.07, 6.45) is -5.75. The summed E-state index contributed by atoms with van der Waals surface area (Å²) in [5, 5.41) is 13.9. The molecule has 34 heavy (non-hydrogen) atoms. The summed E-state index contributed by atoms with van der Waals surface area (Å²) in [5.74, 6) is -2.89. The molecule has 0 spiro atoms. The summed E-state index contributed by atoms with van der Waals surface area (Å²) in [6.45, 7) is 2.45. The third kappa shape index (κ3) is 5.69. The summed E-state index contributed by atoms with van der Waals surface area (Å²) >= 11 is 0. The number of nitrogens with one attached hydrogen (secondary N) is 1. The topological polar surface area (TPSA) is 116 Å². The Bertz CT molecular complexity index is 1220. The van der Waals surface area contributed by atoms with Crippen LogP contribution < -0.4 is 5.32 Å². The normalized spacial score (nSPS) is 12.5. The zero-order valence-electron chi connectivity index (χ0n) is 18.2. The maximum absolute atomic E-state index is 13.5. The van der Waals surface area contributed by atoms with E-state index in [0.717, 1.165) is 0 Å². The lowest BCUT2D eigenvalue weighted by molar-refractivity contribution is -0.385. The van der Waals surface area contributed by atoms with Gasteiger partial charge in [-0.2, -0.15) is 13.2 Å². The van der Waals surface area contributed by atoms with Crippen LogP contribution in [0.5, 0.6) is 0 Å². The van der Waals surface area contributed by atoms with Gasteiger partial charge in [0, 0.05) is 6.07 Å². The minimum Gasteiger partial charge on any atom is -0.463 e. The highest BCUT2D eigenvalue weighted by atomic mass is 19.4. The lowest BCUT2D eigenvalue weighted by Gasteiger charge is -2.20. The van der Waals surface area contributed by atoms with E-state index in [2.05, 4.69) is 10.3 Å². The molecule has 0 aliphatic rings. The number of para-hydroxylation sites is 3. The number of esters is 1. The summed E-state index contributed by atoms with van der Waals surface area (Å²) < 4.78 is 46.4. The predicted molar refractivity (Wildman–Crippen MR) is 115 cm³/mol. The Balaban J connectivity index is 1.94. The Morgan fingerprint density at radius 3 is 2.44 bits per heavy atom. The molecule has 0 aliphatic heterocycles. The van der Waals surface area contributed by atoms with Gasteiger partial charge in [-0.15, -0.1) is 0 Å². The van der Waals surface area contributed by atoms with Gasteiger partial charge in [-0.05, 0) is 26.0 Å². The van der Waals surface area contributed by atoms with Gasteiger partial charge < -0.3 is 14.6 Å². The fraction of sp³-hybridized carbons (Fsp3) is 0.318. The Hall–Kier alpha value is -3.96. The van der Waals surface area contributed by atoms with Crippen molar-refractivity contribution in [2.45, 2.75) is 45.1 Å². The number of halogens is 3. The van der Waals surface area contributed by atoms with Crippen molar-refractivity contribution >= 4 is 28.6 Å². The van der Waals surface area contributed by atoms with Crippen LogP contribution in [0.4, 0.5) is 18.9 Å². The lowest BCUT2D eigenvalue weighted by atomic mass is 10.0. The second kappa shape index (κ2) is 9.89. The molecular weight excluding hydrogens is 457 g/mol. The van der Waals surface area contributed by atoms with Crippen LogP contribution in [0.25, 0.3) is 11.0 Å². The quantitative estimate of drug-likeness (QED) is 0.295. The zero-order valence-corrected chi connectivity index (χ0v) is 18.2. The summed E-state index contributed by atoms with van der Waals surface area (Å²) in [6, 6.07) is 10.1. The molecule has 0 saturated carbocycles. The number of benzene rings is 2. The maximum atomic E-state index is 13.5. The number of aromatic nitrogens is 2. The van der Waals surface area contributed by atoms with Gasteiger partial charge in [-0.3, -0.25) is 19.7 Å². The van der Waals surface area contributed by atoms with E-state index in [0.29, 0.717) is 4.57 Å². The molecule has 12 heteroatoms. The van der Waals surface area contributed by atoms with Gasteiger partial charge in [0.2, 0.25) is 11.7 Å². The van der Waals surface area contributed by atoms with Crippen LogP contribution in [-0.4, -0.2) is 32.5 Å². The number of nitrogens with zero attached hydrogens (tertiary/aromatic N) is 3. The molecule has 0 aliphatic carbocycles. The molecule has 1 amide bonds. The van der Waals surface area contributed by atoms with Crippen molar-refractivity contribution in [3.63, 3.8) is 0 Å². The Morgan fingerprint density at radius 1 is 1.15 bits per heavy atom. The molecule has 3 aromatic rings. The number of nitro groups is 1. The molecule has 0 saturated heterocycles. The molecule has 2 aromatic carbocycles. The Morgan fingerprint density at radius 2 is 1.79 bits per heavy atom. The average molecular weight is 478 g/mol. The van der Waals surface area contributed by atoms with Crippen molar-refractivity contribution in [3.8, 4) is 0 Å². The van der Waals surface area contributed by atoms with E-state index >= 15 is 0 Å². The van der Waals surface area contributed by atoms with Crippen LogP contribution in [0.15, 0.2) is 48.5 Å². The zero-order chi connectivity index (χ0) is 25.0. The molecule has 180 valence electrons. The average Bonchev–Trinajstić information content (AvgIpc) is 3.11. The van der Waals surface area contributed by atoms with Crippen LogP contribution in [-0.2, 0) is 27.0 Å². The number of ether oxygens (including phenoxy) is 1. The highest BCUT2D eigenvalue weighted by Crippen LogP contribution is 2.32. The Kier molecular flexibility index (Phi) is 7.18. The number of carbonyl (C=O) groups excluding carboxylic acids is 2. The first kappa shape index (κ1) is 24.7. The Labute approximate surface area is 191 Å².